The Labute approximate surface area is 95.5 Å². The summed E-state index contributed by atoms with van der Waals surface area (Å²) in [6, 6.07) is 12.2. The Bertz CT molecular complexity index is 406. The van der Waals surface area contributed by atoms with Crippen molar-refractivity contribution in [3.63, 3.8) is 0 Å². The van der Waals surface area contributed by atoms with E-state index in [4.69, 9.17) is 4.42 Å². The molecule has 2 aromatic rings. The summed E-state index contributed by atoms with van der Waals surface area (Å²) < 4.78 is 5.24. The van der Waals surface area contributed by atoms with Gasteiger partial charge in [0, 0.05) is 19.3 Å². The minimum Gasteiger partial charge on any atom is -0.468 e. The first kappa shape index (κ1) is 10.8. The number of furan rings is 1. The molecule has 3 nitrogen and oxygen atoms in total. The molecule has 0 saturated carbocycles. The molecular formula is C13H16N2O. The van der Waals surface area contributed by atoms with Gasteiger partial charge in [0.1, 0.15) is 5.76 Å². The van der Waals surface area contributed by atoms with Crippen LogP contribution in [-0.4, -0.2) is 7.05 Å². The molecule has 0 fully saturated rings. The van der Waals surface area contributed by atoms with Gasteiger partial charge in [0.2, 0.25) is 0 Å². The Kier molecular flexibility index (Phi) is 3.62. The summed E-state index contributed by atoms with van der Waals surface area (Å²) in [5.74, 6) is 0.965. The Morgan fingerprint density at radius 2 is 1.88 bits per heavy atom. The monoisotopic (exact) mass is 216 g/mol. The SMILES string of the molecule is CNc1ccc(CNCc2ccco2)cc1. The van der Waals surface area contributed by atoms with Crippen LogP contribution in [0, 0.1) is 0 Å². The maximum absolute atomic E-state index is 5.24. The zero-order chi connectivity index (χ0) is 11.2. The fraction of sp³-hybridized carbons (Fsp3) is 0.231. The van der Waals surface area contributed by atoms with Crippen LogP contribution in [0.5, 0.6) is 0 Å². The summed E-state index contributed by atoms with van der Waals surface area (Å²) in [6.07, 6.45) is 1.69. The predicted molar refractivity (Wildman–Crippen MR) is 65.2 cm³/mol. The molecule has 0 unspecified atom stereocenters. The average Bonchev–Trinajstić information content (AvgIpc) is 2.83. The van der Waals surface area contributed by atoms with Crippen LogP contribution in [0.3, 0.4) is 0 Å². The number of anilines is 1. The average molecular weight is 216 g/mol. The summed E-state index contributed by atoms with van der Waals surface area (Å²) >= 11 is 0. The molecule has 1 aromatic heterocycles. The maximum Gasteiger partial charge on any atom is 0.117 e. The van der Waals surface area contributed by atoms with E-state index in [9.17, 15) is 0 Å². The zero-order valence-corrected chi connectivity index (χ0v) is 9.36. The van der Waals surface area contributed by atoms with Gasteiger partial charge < -0.3 is 15.1 Å². The Hall–Kier alpha value is -1.74. The molecule has 0 aliphatic rings. The molecule has 0 bridgehead atoms. The van der Waals surface area contributed by atoms with E-state index in [0.717, 1.165) is 24.5 Å². The smallest absolute Gasteiger partial charge is 0.117 e. The molecule has 1 aromatic carbocycles. The largest absolute Gasteiger partial charge is 0.468 e. The van der Waals surface area contributed by atoms with Crippen LogP contribution in [0.2, 0.25) is 0 Å². The lowest BCUT2D eigenvalue weighted by molar-refractivity contribution is 0.483. The third-order valence-corrected chi connectivity index (χ3v) is 2.45. The van der Waals surface area contributed by atoms with Gasteiger partial charge in [0.05, 0.1) is 12.8 Å². The zero-order valence-electron chi connectivity index (χ0n) is 9.36. The second-order valence-corrected chi connectivity index (χ2v) is 3.63. The highest BCUT2D eigenvalue weighted by atomic mass is 16.3. The van der Waals surface area contributed by atoms with Crippen molar-refractivity contribution >= 4 is 5.69 Å². The molecule has 3 heteroatoms. The predicted octanol–water partition coefficient (Wildman–Crippen LogP) is 2.61. The first-order valence-corrected chi connectivity index (χ1v) is 5.38. The van der Waals surface area contributed by atoms with Gasteiger partial charge in [-0.25, -0.2) is 0 Å². The molecule has 84 valence electrons. The standard InChI is InChI=1S/C13H16N2O/c1-14-12-6-4-11(5-7-12)9-15-10-13-3-2-8-16-13/h2-8,14-15H,9-10H2,1H3. The maximum atomic E-state index is 5.24. The van der Waals surface area contributed by atoms with Crippen molar-refractivity contribution in [1.29, 1.82) is 0 Å². The van der Waals surface area contributed by atoms with Crippen LogP contribution in [0.25, 0.3) is 0 Å². The van der Waals surface area contributed by atoms with E-state index >= 15 is 0 Å². The highest BCUT2D eigenvalue weighted by Gasteiger charge is 1.96. The van der Waals surface area contributed by atoms with E-state index in [0.29, 0.717) is 0 Å². The minimum atomic E-state index is 0.765. The van der Waals surface area contributed by atoms with E-state index in [2.05, 4.69) is 34.9 Å². The van der Waals surface area contributed by atoms with Crippen LogP contribution < -0.4 is 10.6 Å². The molecule has 2 N–H and O–H groups in total. The number of hydrogen-bond donors (Lipinski definition) is 2. The molecule has 0 aliphatic heterocycles. The van der Waals surface area contributed by atoms with Crippen molar-refractivity contribution in [1.82, 2.24) is 5.32 Å². The van der Waals surface area contributed by atoms with Crippen molar-refractivity contribution < 1.29 is 4.42 Å². The van der Waals surface area contributed by atoms with Gasteiger partial charge in [-0.3, -0.25) is 0 Å². The van der Waals surface area contributed by atoms with Crippen molar-refractivity contribution in [2.75, 3.05) is 12.4 Å². The molecule has 2 rings (SSSR count). The van der Waals surface area contributed by atoms with Crippen LogP contribution in [0.4, 0.5) is 5.69 Å². The van der Waals surface area contributed by atoms with Gasteiger partial charge in [-0.05, 0) is 29.8 Å². The lowest BCUT2D eigenvalue weighted by atomic mass is 10.2. The summed E-state index contributed by atoms with van der Waals surface area (Å²) in [5.41, 5.74) is 2.40. The first-order valence-electron chi connectivity index (χ1n) is 5.38. The van der Waals surface area contributed by atoms with Gasteiger partial charge in [0.25, 0.3) is 0 Å². The summed E-state index contributed by atoms with van der Waals surface area (Å²) in [4.78, 5) is 0. The highest BCUT2D eigenvalue weighted by molar-refractivity contribution is 5.43. The molecule has 1 heterocycles. The second-order valence-electron chi connectivity index (χ2n) is 3.63. The summed E-state index contributed by atoms with van der Waals surface area (Å²) in [7, 11) is 1.92. The van der Waals surface area contributed by atoms with Crippen molar-refractivity contribution in [2.45, 2.75) is 13.1 Å². The second kappa shape index (κ2) is 5.37. The normalized spacial score (nSPS) is 10.3. The van der Waals surface area contributed by atoms with Crippen molar-refractivity contribution in [2.24, 2.45) is 0 Å². The summed E-state index contributed by atoms with van der Waals surface area (Å²) in [6.45, 7) is 1.62. The molecule has 0 saturated heterocycles. The van der Waals surface area contributed by atoms with E-state index < -0.39 is 0 Å². The van der Waals surface area contributed by atoms with Crippen LogP contribution in [-0.2, 0) is 13.1 Å². The quantitative estimate of drug-likeness (QED) is 0.806. The molecule has 0 aliphatic carbocycles. The molecule has 0 radical (unpaired) electrons. The van der Waals surface area contributed by atoms with E-state index in [1.807, 2.05) is 19.2 Å². The van der Waals surface area contributed by atoms with Gasteiger partial charge >= 0.3 is 0 Å². The van der Waals surface area contributed by atoms with E-state index in [1.165, 1.54) is 5.56 Å². The fourth-order valence-corrected chi connectivity index (χ4v) is 1.53. The minimum absolute atomic E-state index is 0.765. The lowest BCUT2D eigenvalue weighted by Gasteiger charge is -2.04. The fourth-order valence-electron chi connectivity index (χ4n) is 1.53. The van der Waals surface area contributed by atoms with Crippen LogP contribution >= 0.6 is 0 Å². The Balaban J connectivity index is 1.81. The number of hydrogen-bond acceptors (Lipinski definition) is 3. The van der Waals surface area contributed by atoms with Crippen LogP contribution in [0.1, 0.15) is 11.3 Å². The highest BCUT2D eigenvalue weighted by Crippen LogP contribution is 2.08. The third-order valence-electron chi connectivity index (χ3n) is 2.45. The van der Waals surface area contributed by atoms with Gasteiger partial charge in [0.15, 0.2) is 0 Å². The Morgan fingerprint density at radius 1 is 1.06 bits per heavy atom. The molecular weight excluding hydrogens is 200 g/mol. The molecule has 0 spiro atoms. The van der Waals surface area contributed by atoms with Gasteiger partial charge in [-0.1, -0.05) is 12.1 Å². The molecule has 0 amide bonds. The number of nitrogens with one attached hydrogen (secondary N) is 2. The van der Waals surface area contributed by atoms with Crippen molar-refractivity contribution in [3.8, 4) is 0 Å². The van der Waals surface area contributed by atoms with E-state index in [-0.39, 0.29) is 0 Å². The Morgan fingerprint density at radius 3 is 2.50 bits per heavy atom. The number of benzene rings is 1. The van der Waals surface area contributed by atoms with Crippen LogP contribution in [0.15, 0.2) is 47.1 Å². The molecule has 16 heavy (non-hydrogen) atoms. The number of rotatable bonds is 5. The topological polar surface area (TPSA) is 37.2 Å². The summed E-state index contributed by atoms with van der Waals surface area (Å²) in [5, 5.41) is 6.42. The first-order chi connectivity index (χ1) is 7.88. The van der Waals surface area contributed by atoms with Gasteiger partial charge in [-0.15, -0.1) is 0 Å². The van der Waals surface area contributed by atoms with Crippen molar-refractivity contribution in [3.05, 3.63) is 54.0 Å². The third kappa shape index (κ3) is 2.87. The molecule has 0 atom stereocenters. The van der Waals surface area contributed by atoms with E-state index in [1.54, 1.807) is 6.26 Å². The van der Waals surface area contributed by atoms with Gasteiger partial charge in [-0.2, -0.15) is 0 Å². The lowest BCUT2D eigenvalue weighted by Crippen LogP contribution is -2.11.